The first kappa shape index (κ1) is 44.2. The van der Waals surface area contributed by atoms with Crippen molar-refractivity contribution in [2.24, 2.45) is 29.2 Å². The van der Waals surface area contributed by atoms with E-state index in [1.54, 1.807) is 34.6 Å². The number of primary amides is 1. The summed E-state index contributed by atoms with van der Waals surface area (Å²) in [5, 5.41) is 32.2. The molecule has 0 bridgehead atoms. The minimum Gasteiger partial charge on any atom is -0.481 e. The van der Waals surface area contributed by atoms with Crippen LogP contribution in [-0.4, -0.2) is 106 Å². The normalized spacial score (nSPS) is 15.3. The molecule has 19 heteroatoms. The molecule has 278 valence electrons. The minimum atomic E-state index is -1.77. The molecule has 0 heterocycles. The first-order valence-electron chi connectivity index (χ1n) is 15.9. The van der Waals surface area contributed by atoms with Crippen LogP contribution < -0.4 is 43.4 Å². The van der Waals surface area contributed by atoms with E-state index in [0.717, 1.165) is 0 Å². The number of carboxylic acid groups (broad SMARTS) is 2. The Morgan fingerprint density at radius 3 is 1.61 bits per heavy atom. The molecule has 0 radical (unpaired) electrons. The van der Waals surface area contributed by atoms with Crippen molar-refractivity contribution in [2.45, 2.75) is 110 Å². The lowest BCUT2D eigenvalue weighted by Gasteiger charge is -2.26. The zero-order valence-electron chi connectivity index (χ0n) is 29.0. The van der Waals surface area contributed by atoms with Crippen LogP contribution in [0, 0.1) is 17.8 Å². The molecule has 0 saturated heterocycles. The summed E-state index contributed by atoms with van der Waals surface area (Å²) in [6.07, 6.45) is -1.03. The highest BCUT2D eigenvalue weighted by molar-refractivity contribution is 5.98. The van der Waals surface area contributed by atoms with E-state index in [4.69, 9.17) is 16.6 Å². The van der Waals surface area contributed by atoms with Gasteiger partial charge in [0.05, 0.1) is 25.4 Å². The number of carbonyl (C=O) groups excluding carboxylic acids is 7. The summed E-state index contributed by atoms with van der Waals surface area (Å²) in [4.78, 5) is 111. The molecule has 7 amide bonds. The molecule has 12 N–H and O–H groups in total. The van der Waals surface area contributed by atoms with E-state index in [0.29, 0.717) is 6.42 Å². The lowest BCUT2D eigenvalue weighted by Crippen LogP contribution is -2.59. The number of hydrogen-bond acceptors (Lipinski definition) is 10. The molecule has 0 spiro atoms. The second kappa shape index (κ2) is 21.2. The molecule has 0 fully saturated rings. The first-order valence-corrected chi connectivity index (χ1v) is 15.9. The Morgan fingerprint density at radius 1 is 0.653 bits per heavy atom. The Labute approximate surface area is 284 Å². The maximum atomic E-state index is 13.2. The monoisotopic (exact) mass is 700 g/mol. The van der Waals surface area contributed by atoms with Crippen molar-refractivity contribution in [3.05, 3.63) is 0 Å². The summed E-state index contributed by atoms with van der Waals surface area (Å²) >= 11 is 0. The van der Waals surface area contributed by atoms with Crippen LogP contribution in [0.1, 0.15) is 74.1 Å². The Morgan fingerprint density at radius 2 is 1.16 bits per heavy atom. The molecule has 0 aromatic rings. The first-order chi connectivity index (χ1) is 22.6. The average Bonchev–Trinajstić information content (AvgIpc) is 2.99. The number of rotatable bonds is 22. The summed E-state index contributed by atoms with van der Waals surface area (Å²) < 4.78 is 0. The Balaban J connectivity index is 5.81. The summed E-state index contributed by atoms with van der Waals surface area (Å²) in [5.74, 6) is -10.1. The van der Waals surface area contributed by atoms with Crippen LogP contribution in [0.3, 0.4) is 0 Å². The third kappa shape index (κ3) is 16.7. The highest BCUT2D eigenvalue weighted by Gasteiger charge is 2.33. The lowest BCUT2D eigenvalue weighted by atomic mass is 9.97. The van der Waals surface area contributed by atoms with Crippen LogP contribution in [0.4, 0.5) is 0 Å². The van der Waals surface area contributed by atoms with Crippen molar-refractivity contribution in [3.8, 4) is 0 Å². The molecular weight excluding hydrogens is 648 g/mol. The molecule has 0 aromatic heterocycles. The highest BCUT2D eigenvalue weighted by atomic mass is 16.4. The maximum absolute atomic E-state index is 13.2. The number of carboxylic acids is 2. The van der Waals surface area contributed by atoms with E-state index < -0.39 is 115 Å². The zero-order valence-corrected chi connectivity index (χ0v) is 29.0. The molecule has 0 aliphatic rings. The van der Waals surface area contributed by atoms with Crippen molar-refractivity contribution < 1.29 is 53.4 Å². The average molecular weight is 701 g/mol. The number of aliphatic carboxylic acids is 2. The van der Waals surface area contributed by atoms with Gasteiger partial charge in [-0.2, -0.15) is 0 Å². The van der Waals surface area contributed by atoms with Gasteiger partial charge in [0.2, 0.25) is 41.4 Å². The van der Waals surface area contributed by atoms with E-state index in [1.165, 1.54) is 6.92 Å². The third-order valence-electron chi connectivity index (χ3n) is 7.37. The van der Waals surface area contributed by atoms with Crippen molar-refractivity contribution in [3.63, 3.8) is 0 Å². The van der Waals surface area contributed by atoms with E-state index in [-0.39, 0.29) is 18.3 Å². The third-order valence-corrected chi connectivity index (χ3v) is 7.37. The van der Waals surface area contributed by atoms with Crippen LogP contribution in [0.15, 0.2) is 0 Å². The topological polar surface area (TPSA) is 318 Å². The molecule has 49 heavy (non-hydrogen) atoms. The van der Waals surface area contributed by atoms with Crippen molar-refractivity contribution in [1.82, 2.24) is 31.9 Å². The van der Waals surface area contributed by atoms with Gasteiger partial charge in [0, 0.05) is 0 Å². The van der Waals surface area contributed by atoms with E-state index >= 15 is 0 Å². The van der Waals surface area contributed by atoms with E-state index in [9.17, 15) is 48.3 Å². The molecule has 0 rings (SSSR count). The van der Waals surface area contributed by atoms with E-state index in [2.05, 4.69) is 31.9 Å². The van der Waals surface area contributed by atoms with Gasteiger partial charge in [-0.05, 0) is 31.1 Å². The Bertz CT molecular complexity index is 1230. The summed E-state index contributed by atoms with van der Waals surface area (Å²) in [5.41, 5.74) is 11.2. The number of hydrogen-bond donors (Lipinski definition) is 10. The molecule has 0 aliphatic carbocycles. The fraction of sp³-hybridized carbons (Fsp3) is 0.700. The van der Waals surface area contributed by atoms with E-state index in [1.807, 2.05) is 6.92 Å². The second-order valence-electron chi connectivity index (χ2n) is 12.6. The smallest absolute Gasteiger partial charge is 0.325 e. The van der Waals surface area contributed by atoms with Crippen LogP contribution in [0.5, 0.6) is 0 Å². The summed E-state index contributed by atoms with van der Waals surface area (Å²) in [6.45, 7) is 10.8. The summed E-state index contributed by atoms with van der Waals surface area (Å²) in [6, 6.07) is -8.04. The van der Waals surface area contributed by atoms with Crippen LogP contribution in [0.2, 0.25) is 0 Å². The number of nitrogens with one attached hydrogen (secondary N) is 6. The molecule has 0 saturated carbocycles. The number of carbonyl (C=O) groups is 9. The van der Waals surface area contributed by atoms with Gasteiger partial charge in [0.1, 0.15) is 30.2 Å². The van der Waals surface area contributed by atoms with Gasteiger partial charge in [-0.25, -0.2) is 0 Å². The SMILES string of the molecule is CC[C@H](C)[C@H](N)C(=O)N[C@@H](CC(C)C)C(=O)N[C@@H](CC(=O)O)C(=O)N[C@@H](CC(N)=O)C(=O)NCC(=O)N[C@H](C(=O)N[C@@H](C)C(=O)O)C(C)C. The zero-order chi connectivity index (χ0) is 38.2. The predicted octanol–water partition coefficient (Wildman–Crippen LogP) is -2.94. The molecule has 19 nitrogen and oxygen atoms in total. The van der Waals surface area contributed by atoms with Crippen LogP contribution >= 0.6 is 0 Å². The second-order valence-corrected chi connectivity index (χ2v) is 12.6. The van der Waals surface area contributed by atoms with Crippen molar-refractivity contribution in [1.29, 1.82) is 0 Å². The van der Waals surface area contributed by atoms with Gasteiger partial charge in [0.15, 0.2) is 0 Å². The standard InChI is InChI=1S/C30H52N8O11/c1-8-15(6)23(32)28(46)37-17(9-13(2)3)26(44)36-19(11-22(41)42)27(45)35-18(10-20(31)39)25(43)33-12-21(40)38-24(14(4)5)29(47)34-16(7)30(48)49/h13-19,23-24H,8-12,32H2,1-7H3,(H2,31,39)(H,33,43)(H,34,47)(H,35,45)(H,36,44)(H,37,46)(H,38,40)(H,41,42)(H,48,49)/t15-,16-,17-,18-,19-,23-,24-/m0/s1. The Kier molecular flexibility index (Phi) is 19.1. The number of amides is 7. The van der Waals surface area contributed by atoms with Gasteiger partial charge in [-0.1, -0.05) is 48.0 Å². The number of nitrogens with two attached hydrogens (primary N) is 2. The van der Waals surface area contributed by atoms with Crippen LogP contribution in [0.25, 0.3) is 0 Å². The van der Waals surface area contributed by atoms with Gasteiger partial charge >= 0.3 is 11.9 Å². The van der Waals surface area contributed by atoms with Crippen LogP contribution in [-0.2, 0) is 43.2 Å². The minimum absolute atomic E-state index is 0.110. The quantitative estimate of drug-likeness (QED) is 0.0542. The summed E-state index contributed by atoms with van der Waals surface area (Å²) in [7, 11) is 0. The van der Waals surface area contributed by atoms with Gasteiger partial charge < -0.3 is 53.6 Å². The van der Waals surface area contributed by atoms with Crippen molar-refractivity contribution >= 4 is 53.3 Å². The largest absolute Gasteiger partial charge is 0.481 e. The maximum Gasteiger partial charge on any atom is 0.325 e. The van der Waals surface area contributed by atoms with Gasteiger partial charge in [-0.3, -0.25) is 43.2 Å². The van der Waals surface area contributed by atoms with Gasteiger partial charge in [0.25, 0.3) is 0 Å². The molecule has 0 aliphatic heterocycles. The van der Waals surface area contributed by atoms with Gasteiger partial charge in [-0.15, -0.1) is 0 Å². The molecule has 0 unspecified atom stereocenters. The fourth-order valence-corrected chi connectivity index (χ4v) is 4.24. The molecular formula is C30H52N8O11. The van der Waals surface area contributed by atoms with Crippen molar-refractivity contribution in [2.75, 3.05) is 6.54 Å². The predicted molar refractivity (Wildman–Crippen MR) is 174 cm³/mol. The highest BCUT2D eigenvalue weighted by Crippen LogP contribution is 2.10. The lowest BCUT2D eigenvalue weighted by molar-refractivity contribution is -0.142. The fourth-order valence-electron chi connectivity index (χ4n) is 4.24. The molecule has 7 atom stereocenters. The Hall–Kier alpha value is -4.81. The molecule has 0 aromatic carbocycles.